The molecule has 3 nitrogen and oxygen atoms in total. The van der Waals surface area contributed by atoms with Crippen LogP contribution in [0.3, 0.4) is 0 Å². The zero-order valence-electron chi connectivity index (χ0n) is 11.6. The number of nitrogens with two attached hydrogens (primary N) is 1. The first-order chi connectivity index (χ1) is 8.70. The van der Waals surface area contributed by atoms with Crippen molar-refractivity contribution < 1.29 is 0 Å². The van der Waals surface area contributed by atoms with Crippen molar-refractivity contribution in [2.75, 3.05) is 27.2 Å². The Morgan fingerprint density at radius 1 is 1.33 bits per heavy atom. The van der Waals surface area contributed by atoms with Crippen molar-refractivity contribution in [3.63, 3.8) is 0 Å². The summed E-state index contributed by atoms with van der Waals surface area (Å²) >= 11 is 0. The molecular formula is C15H25N3. The third-order valence-electron chi connectivity index (χ3n) is 3.98. The van der Waals surface area contributed by atoms with E-state index in [1.807, 2.05) is 0 Å². The van der Waals surface area contributed by atoms with Gasteiger partial charge in [-0.2, -0.15) is 0 Å². The zero-order valence-corrected chi connectivity index (χ0v) is 11.6. The summed E-state index contributed by atoms with van der Waals surface area (Å²) in [4.78, 5) is 4.91. The van der Waals surface area contributed by atoms with Crippen LogP contribution in [0.1, 0.15) is 24.0 Å². The molecule has 1 aromatic rings. The SMILES string of the molecule is CN1CCCC(N(C)Cc2ccccc2CN)C1. The van der Waals surface area contributed by atoms with Gasteiger partial charge in [0.05, 0.1) is 0 Å². The number of benzene rings is 1. The summed E-state index contributed by atoms with van der Waals surface area (Å²) in [6.45, 7) is 4.06. The van der Waals surface area contributed by atoms with Crippen LogP contribution >= 0.6 is 0 Å². The Labute approximate surface area is 111 Å². The second-order valence-electron chi connectivity index (χ2n) is 5.45. The highest BCUT2D eigenvalue weighted by molar-refractivity contribution is 5.26. The molecule has 3 heteroatoms. The summed E-state index contributed by atoms with van der Waals surface area (Å²) in [5, 5.41) is 0. The smallest absolute Gasteiger partial charge is 0.0237 e. The molecule has 0 bridgehead atoms. The number of hydrogen-bond acceptors (Lipinski definition) is 3. The Balaban J connectivity index is 1.99. The normalized spacial score (nSPS) is 21.4. The van der Waals surface area contributed by atoms with E-state index in [9.17, 15) is 0 Å². The Morgan fingerprint density at radius 3 is 2.72 bits per heavy atom. The number of rotatable bonds is 4. The average Bonchev–Trinajstić information content (AvgIpc) is 2.39. The molecule has 1 unspecified atom stereocenters. The molecule has 0 aromatic heterocycles. The molecule has 100 valence electrons. The molecule has 1 fully saturated rings. The quantitative estimate of drug-likeness (QED) is 0.878. The summed E-state index contributed by atoms with van der Waals surface area (Å²) in [5.41, 5.74) is 8.44. The summed E-state index contributed by atoms with van der Waals surface area (Å²) < 4.78 is 0. The molecule has 0 amide bonds. The van der Waals surface area contributed by atoms with Crippen LogP contribution < -0.4 is 5.73 Å². The zero-order chi connectivity index (χ0) is 13.0. The first-order valence-corrected chi connectivity index (χ1v) is 6.86. The van der Waals surface area contributed by atoms with E-state index in [-0.39, 0.29) is 0 Å². The maximum Gasteiger partial charge on any atom is 0.0237 e. The molecule has 1 aromatic carbocycles. The first kappa shape index (κ1) is 13.5. The van der Waals surface area contributed by atoms with Crippen molar-refractivity contribution in [1.82, 2.24) is 9.80 Å². The molecule has 0 aliphatic carbocycles. The number of likely N-dealkylation sites (tertiary alicyclic amines) is 1. The lowest BCUT2D eigenvalue weighted by atomic mass is 10.0. The Morgan fingerprint density at radius 2 is 2.06 bits per heavy atom. The maximum absolute atomic E-state index is 5.80. The van der Waals surface area contributed by atoms with Gasteiger partial charge in [-0.15, -0.1) is 0 Å². The van der Waals surface area contributed by atoms with Gasteiger partial charge in [0.2, 0.25) is 0 Å². The molecule has 2 N–H and O–H groups in total. The van der Waals surface area contributed by atoms with E-state index in [1.165, 1.54) is 37.1 Å². The molecular weight excluding hydrogens is 222 g/mol. The van der Waals surface area contributed by atoms with E-state index in [2.05, 4.69) is 48.2 Å². The van der Waals surface area contributed by atoms with Crippen LogP contribution in [0.5, 0.6) is 0 Å². The third-order valence-corrected chi connectivity index (χ3v) is 3.98. The van der Waals surface area contributed by atoms with Gasteiger partial charge in [-0.05, 0) is 44.6 Å². The Bertz CT molecular complexity index is 378. The second kappa shape index (κ2) is 6.32. The van der Waals surface area contributed by atoms with Crippen molar-refractivity contribution in [3.05, 3.63) is 35.4 Å². The average molecular weight is 247 g/mol. The maximum atomic E-state index is 5.80. The van der Waals surface area contributed by atoms with E-state index < -0.39 is 0 Å². The van der Waals surface area contributed by atoms with Gasteiger partial charge in [0.15, 0.2) is 0 Å². The fraction of sp³-hybridized carbons (Fsp3) is 0.600. The number of hydrogen-bond donors (Lipinski definition) is 1. The molecule has 18 heavy (non-hydrogen) atoms. The molecule has 0 spiro atoms. The molecule has 0 saturated carbocycles. The summed E-state index contributed by atoms with van der Waals surface area (Å²) in [7, 11) is 4.45. The van der Waals surface area contributed by atoms with Crippen molar-refractivity contribution in [1.29, 1.82) is 0 Å². The van der Waals surface area contributed by atoms with Crippen LogP contribution in [-0.4, -0.2) is 43.0 Å². The monoisotopic (exact) mass is 247 g/mol. The van der Waals surface area contributed by atoms with Crippen molar-refractivity contribution >= 4 is 0 Å². The highest BCUT2D eigenvalue weighted by Crippen LogP contribution is 2.17. The largest absolute Gasteiger partial charge is 0.326 e. The van der Waals surface area contributed by atoms with Crippen LogP contribution in [0, 0.1) is 0 Å². The third kappa shape index (κ3) is 3.31. The van der Waals surface area contributed by atoms with Gasteiger partial charge in [-0.25, -0.2) is 0 Å². The molecule has 0 radical (unpaired) electrons. The molecule has 2 rings (SSSR count). The Kier molecular flexibility index (Phi) is 4.75. The number of piperidine rings is 1. The van der Waals surface area contributed by atoms with Gasteiger partial charge in [0, 0.05) is 25.7 Å². The first-order valence-electron chi connectivity index (χ1n) is 6.86. The minimum absolute atomic E-state index is 0.634. The van der Waals surface area contributed by atoms with Gasteiger partial charge in [0.1, 0.15) is 0 Å². The van der Waals surface area contributed by atoms with Crippen LogP contribution in [-0.2, 0) is 13.1 Å². The van der Waals surface area contributed by atoms with Gasteiger partial charge in [0.25, 0.3) is 0 Å². The molecule has 1 aliphatic rings. The van der Waals surface area contributed by atoms with Crippen LogP contribution in [0.2, 0.25) is 0 Å². The summed E-state index contributed by atoms with van der Waals surface area (Å²) in [6, 6.07) is 9.19. The van der Waals surface area contributed by atoms with E-state index in [0.29, 0.717) is 12.6 Å². The van der Waals surface area contributed by atoms with Gasteiger partial charge < -0.3 is 10.6 Å². The molecule has 1 atom stereocenters. The minimum Gasteiger partial charge on any atom is -0.326 e. The van der Waals surface area contributed by atoms with Crippen molar-refractivity contribution in [3.8, 4) is 0 Å². The van der Waals surface area contributed by atoms with E-state index in [1.54, 1.807) is 0 Å². The van der Waals surface area contributed by atoms with Gasteiger partial charge in [-0.1, -0.05) is 24.3 Å². The van der Waals surface area contributed by atoms with Crippen molar-refractivity contribution in [2.45, 2.75) is 32.0 Å². The lowest BCUT2D eigenvalue weighted by Gasteiger charge is -2.36. The Hall–Kier alpha value is -0.900. The predicted molar refractivity (Wildman–Crippen MR) is 76.3 cm³/mol. The summed E-state index contributed by atoms with van der Waals surface area (Å²) in [6.07, 6.45) is 2.62. The summed E-state index contributed by atoms with van der Waals surface area (Å²) in [5.74, 6) is 0. The minimum atomic E-state index is 0.634. The molecule has 1 aliphatic heterocycles. The lowest BCUT2D eigenvalue weighted by molar-refractivity contribution is 0.129. The standard InChI is InChI=1S/C15H25N3/c1-17-9-5-8-15(12-17)18(2)11-14-7-4-3-6-13(14)10-16/h3-4,6-7,15H,5,8-12,16H2,1-2H3. The van der Waals surface area contributed by atoms with Gasteiger partial charge in [-0.3, -0.25) is 4.90 Å². The number of likely N-dealkylation sites (N-methyl/N-ethyl adjacent to an activating group) is 2. The fourth-order valence-corrected chi connectivity index (χ4v) is 2.81. The highest BCUT2D eigenvalue weighted by atomic mass is 15.2. The van der Waals surface area contributed by atoms with Crippen LogP contribution in [0.25, 0.3) is 0 Å². The fourth-order valence-electron chi connectivity index (χ4n) is 2.81. The predicted octanol–water partition coefficient (Wildman–Crippen LogP) is 1.67. The molecule has 1 saturated heterocycles. The molecule has 1 heterocycles. The van der Waals surface area contributed by atoms with Crippen LogP contribution in [0.15, 0.2) is 24.3 Å². The van der Waals surface area contributed by atoms with Crippen molar-refractivity contribution in [2.24, 2.45) is 5.73 Å². The number of nitrogens with zero attached hydrogens (tertiary/aromatic N) is 2. The lowest BCUT2D eigenvalue weighted by Crippen LogP contribution is -2.44. The van der Waals surface area contributed by atoms with E-state index in [4.69, 9.17) is 5.73 Å². The van der Waals surface area contributed by atoms with Crippen LogP contribution in [0.4, 0.5) is 0 Å². The highest BCUT2D eigenvalue weighted by Gasteiger charge is 2.21. The van der Waals surface area contributed by atoms with Gasteiger partial charge >= 0.3 is 0 Å². The second-order valence-corrected chi connectivity index (χ2v) is 5.45. The van der Waals surface area contributed by atoms with E-state index >= 15 is 0 Å². The topological polar surface area (TPSA) is 32.5 Å². The van der Waals surface area contributed by atoms with E-state index in [0.717, 1.165) is 6.54 Å².